The molecular weight excluding hydrogens is 258 g/mol. The number of hydrogen-bond acceptors (Lipinski definition) is 4. The number of rotatable bonds is 7. The first-order valence-corrected chi connectivity index (χ1v) is 6.84. The molecule has 1 fully saturated rings. The highest BCUT2D eigenvalue weighted by Gasteiger charge is 2.22. The molecule has 20 heavy (non-hydrogen) atoms. The molecule has 0 spiro atoms. The van der Waals surface area contributed by atoms with Crippen LogP contribution in [-0.2, 0) is 4.79 Å². The summed E-state index contributed by atoms with van der Waals surface area (Å²) in [6, 6.07) is 5.35. The second-order valence-electron chi connectivity index (χ2n) is 5.15. The summed E-state index contributed by atoms with van der Waals surface area (Å²) in [6.07, 6.45) is 3.27. The lowest BCUT2D eigenvalue weighted by Gasteiger charge is -2.08. The molecule has 0 saturated heterocycles. The Morgan fingerprint density at radius 3 is 2.85 bits per heavy atom. The molecular formula is C14H19N3O3. The zero-order valence-electron chi connectivity index (χ0n) is 11.5. The molecule has 0 atom stereocenters. The van der Waals surface area contributed by atoms with Crippen LogP contribution in [0.15, 0.2) is 18.2 Å². The molecule has 0 aromatic heterocycles. The standard InChI is InChI=1S/C14H19N3O3/c1-10-4-7-13(17(19)20)12(9-10)15-8-2-3-14(18)16-11-5-6-11/h4,7,9,11,15H,2-3,5-6,8H2,1H3,(H,16,18). The van der Waals surface area contributed by atoms with Crippen LogP contribution in [0, 0.1) is 17.0 Å². The normalized spacial score (nSPS) is 13.8. The Bertz CT molecular complexity index is 512. The van der Waals surface area contributed by atoms with Gasteiger partial charge in [-0.3, -0.25) is 14.9 Å². The van der Waals surface area contributed by atoms with Crippen molar-refractivity contribution in [3.05, 3.63) is 33.9 Å². The number of aryl methyl sites for hydroxylation is 1. The quantitative estimate of drug-likeness (QED) is 0.455. The van der Waals surface area contributed by atoms with E-state index in [4.69, 9.17) is 0 Å². The molecule has 2 N–H and O–H groups in total. The second-order valence-corrected chi connectivity index (χ2v) is 5.15. The first-order valence-electron chi connectivity index (χ1n) is 6.84. The van der Waals surface area contributed by atoms with Crippen molar-refractivity contribution in [3.63, 3.8) is 0 Å². The minimum atomic E-state index is -0.401. The number of nitro groups is 1. The van der Waals surface area contributed by atoms with E-state index in [1.165, 1.54) is 6.07 Å². The van der Waals surface area contributed by atoms with Crippen molar-refractivity contribution in [2.24, 2.45) is 0 Å². The summed E-state index contributed by atoms with van der Waals surface area (Å²) in [7, 11) is 0. The predicted molar refractivity (Wildman–Crippen MR) is 76.7 cm³/mol. The molecule has 0 heterocycles. The fraction of sp³-hybridized carbons (Fsp3) is 0.500. The van der Waals surface area contributed by atoms with Gasteiger partial charge >= 0.3 is 0 Å². The Balaban J connectivity index is 1.79. The van der Waals surface area contributed by atoms with E-state index in [0.717, 1.165) is 18.4 Å². The van der Waals surface area contributed by atoms with Gasteiger partial charge in [-0.25, -0.2) is 0 Å². The van der Waals surface area contributed by atoms with Crippen LogP contribution in [0.3, 0.4) is 0 Å². The Hall–Kier alpha value is -2.11. The topological polar surface area (TPSA) is 84.3 Å². The molecule has 0 radical (unpaired) electrons. The fourth-order valence-corrected chi connectivity index (χ4v) is 1.95. The number of carbonyl (C=O) groups is 1. The van der Waals surface area contributed by atoms with E-state index in [-0.39, 0.29) is 11.6 Å². The molecule has 1 saturated carbocycles. The van der Waals surface area contributed by atoms with E-state index in [1.54, 1.807) is 12.1 Å². The van der Waals surface area contributed by atoms with Gasteiger partial charge in [-0.1, -0.05) is 6.07 Å². The molecule has 1 aromatic rings. The molecule has 1 aliphatic rings. The minimum Gasteiger partial charge on any atom is -0.379 e. The van der Waals surface area contributed by atoms with Gasteiger partial charge in [0.15, 0.2) is 0 Å². The summed E-state index contributed by atoms with van der Waals surface area (Å²) >= 11 is 0. The number of nitrogens with one attached hydrogen (secondary N) is 2. The Morgan fingerprint density at radius 2 is 2.20 bits per heavy atom. The smallest absolute Gasteiger partial charge is 0.292 e. The van der Waals surface area contributed by atoms with Gasteiger partial charge in [0, 0.05) is 25.1 Å². The zero-order chi connectivity index (χ0) is 14.5. The zero-order valence-corrected chi connectivity index (χ0v) is 11.5. The summed E-state index contributed by atoms with van der Waals surface area (Å²) in [4.78, 5) is 22.0. The van der Waals surface area contributed by atoms with E-state index < -0.39 is 4.92 Å². The number of anilines is 1. The summed E-state index contributed by atoms with van der Waals surface area (Å²) < 4.78 is 0. The first kappa shape index (κ1) is 14.3. The van der Waals surface area contributed by atoms with Crippen molar-refractivity contribution in [1.29, 1.82) is 0 Å². The Morgan fingerprint density at radius 1 is 1.45 bits per heavy atom. The molecule has 2 rings (SSSR count). The van der Waals surface area contributed by atoms with Crippen molar-refractivity contribution < 1.29 is 9.72 Å². The Kier molecular flexibility index (Phi) is 4.55. The van der Waals surface area contributed by atoms with Gasteiger partial charge in [0.25, 0.3) is 5.69 Å². The maximum atomic E-state index is 11.5. The van der Waals surface area contributed by atoms with Crippen LogP contribution in [-0.4, -0.2) is 23.4 Å². The average Bonchev–Trinajstić information content (AvgIpc) is 3.18. The first-order chi connectivity index (χ1) is 9.56. The second kappa shape index (κ2) is 6.36. The third-order valence-electron chi connectivity index (χ3n) is 3.19. The lowest BCUT2D eigenvalue weighted by atomic mass is 10.2. The van der Waals surface area contributed by atoms with Gasteiger partial charge in [-0.15, -0.1) is 0 Å². The molecule has 6 nitrogen and oxygen atoms in total. The van der Waals surface area contributed by atoms with Crippen LogP contribution in [0.4, 0.5) is 11.4 Å². The molecule has 6 heteroatoms. The van der Waals surface area contributed by atoms with Crippen molar-refractivity contribution in [3.8, 4) is 0 Å². The molecule has 108 valence electrons. The van der Waals surface area contributed by atoms with Gasteiger partial charge in [0.05, 0.1) is 4.92 Å². The van der Waals surface area contributed by atoms with Crippen molar-refractivity contribution in [2.45, 2.75) is 38.6 Å². The van der Waals surface area contributed by atoms with Crippen LogP contribution in [0.1, 0.15) is 31.2 Å². The highest BCUT2D eigenvalue weighted by Crippen LogP contribution is 2.25. The summed E-state index contributed by atoms with van der Waals surface area (Å²) in [6.45, 7) is 2.43. The SMILES string of the molecule is Cc1ccc([N+](=O)[O-])c(NCCCC(=O)NC2CC2)c1. The molecule has 1 amide bonds. The monoisotopic (exact) mass is 277 g/mol. The number of benzene rings is 1. The number of carbonyl (C=O) groups excluding carboxylic acids is 1. The highest BCUT2D eigenvalue weighted by molar-refractivity contribution is 5.76. The molecule has 0 unspecified atom stereocenters. The highest BCUT2D eigenvalue weighted by atomic mass is 16.6. The van der Waals surface area contributed by atoms with E-state index in [9.17, 15) is 14.9 Å². The van der Waals surface area contributed by atoms with E-state index in [2.05, 4.69) is 10.6 Å². The van der Waals surface area contributed by atoms with Crippen molar-refractivity contribution in [1.82, 2.24) is 5.32 Å². The van der Waals surface area contributed by atoms with Crippen LogP contribution >= 0.6 is 0 Å². The number of nitrogens with zero attached hydrogens (tertiary/aromatic N) is 1. The fourth-order valence-electron chi connectivity index (χ4n) is 1.95. The maximum Gasteiger partial charge on any atom is 0.292 e. The van der Waals surface area contributed by atoms with Gasteiger partial charge in [0.1, 0.15) is 5.69 Å². The third kappa shape index (κ3) is 4.22. The van der Waals surface area contributed by atoms with Crippen LogP contribution in [0.2, 0.25) is 0 Å². The molecule has 1 aromatic carbocycles. The minimum absolute atomic E-state index is 0.0630. The van der Waals surface area contributed by atoms with Crippen LogP contribution in [0.5, 0.6) is 0 Å². The average molecular weight is 277 g/mol. The Labute approximate surface area is 117 Å². The lowest BCUT2D eigenvalue weighted by Crippen LogP contribution is -2.25. The van der Waals surface area contributed by atoms with Crippen LogP contribution in [0.25, 0.3) is 0 Å². The van der Waals surface area contributed by atoms with E-state index >= 15 is 0 Å². The molecule has 1 aliphatic carbocycles. The van der Waals surface area contributed by atoms with Gasteiger partial charge in [0.2, 0.25) is 5.91 Å². The van der Waals surface area contributed by atoms with Crippen molar-refractivity contribution >= 4 is 17.3 Å². The largest absolute Gasteiger partial charge is 0.379 e. The van der Waals surface area contributed by atoms with Gasteiger partial charge < -0.3 is 10.6 Å². The predicted octanol–water partition coefficient (Wildman–Crippen LogP) is 2.37. The van der Waals surface area contributed by atoms with E-state index in [0.29, 0.717) is 31.1 Å². The maximum absolute atomic E-state index is 11.5. The molecule has 0 bridgehead atoms. The number of amides is 1. The van der Waals surface area contributed by atoms with E-state index in [1.807, 2.05) is 6.92 Å². The van der Waals surface area contributed by atoms with Gasteiger partial charge in [-0.2, -0.15) is 0 Å². The van der Waals surface area contributed by atoms with Crippen molar-refractivity contribution in [2.75, 3.05) is 11.9 Å². The number of nitro benzene ring substituents is 1. The third-order valence-corrected chi connectivity index (χ3v) is 3.19. The van der Waals surface area contributed by atoms with Gasteiger partial charge in [-0.05, 0) is 37.8 Å². The van der Waals surface area contributed by atoms with Crippen LogP contribution < -0.4 is 10.6 Å². The number of hydrogen-bond donors (Lipinski definition) is 2. The summed E-state index contributed by atoms with van der Waals surface area (Å²) in [5, 5.41) is 16.9. The lowest BCUT2D eigenvalue weighted by molar-refractivity contribution is -0.384. The molecule has 0 aliphatic heterocycles. The summed E-state index contributed by atoms with van der Waals surface area (Å²) in [5.41, 5.74) is 1.54. The summed E-state index contributed by atoms with van der Waals surface area (Å²) in [5.74, 6) is 0.0630.